The quantitative estimate of drug-likeness (QED) is 0.699. The molecule has 0 unspecified atom stereocenters. The van der Waals surface area contributed by atoms with Gasteiger partial charge in [-0.15, -0.1) is 5.10 Å². The molecule has 9 nitrogen and oxygen atoms in total. The zero-order chi connectivity index (χ0) is 18.0. The Kier molecular flexibility index (Phi) is 4.51. The minimum atomic E-state index is -3.90. The topological polar surface area (TPSA) is 119 Å². The summed E-state index contributed by atoms with van der Waals surface area (Å²) in [5.41, 5.74) is 0.767. The minimum absolute atomic E-state index is 0.0455. The highest BCUT2D eigenvalue weighted by atomic mass is 32.2. The number of carbonyl (C=O) groups excluding carboxylic acids is 1. The molecule has 3 aromatic rings. The van der Waals surface area contributed by atoms with Gasteiger partial charge in [-0.05, 0) is 19.1 Å². The average molecular weight is 378 g/mol. The highest BCUT2D eigenvalue weighted by Gasteiger charge is 2.21. The number of anilines is 2. The molecular formula is C14H14N6O3S2. The summed E-state index contributed by atoms with van der Waals surface area (Å²) in [6.45, 7) is 3.04. The smallest absolute Gasteiger partial charge is 0.275 e. The average Bonchev–Trinajstić information content (AvgIpc) is 3.14. The van der Waals surface area contributed by atoms with E-state index < -0.39 is 10.0 Å². The summed E-state index contributed by atoms with van der Waals surface area (Å²) in [5.74, 6) is 0.160. The first kappa shape index (κ1) is 17.0. The maximum Gasteiger partial charge on any atom is 0.275 e. The Morgan fingerprint density at radius 2 is 1.96 bits per heavy atom. The highest BCUT2D eigenvalue weighted by molar-refractivity contribution is 7.94. The zero-order valence-corrected chi connectivity index (χ0v) is 14.9. The molecule has 0 radical (unpaired) electrons. The number of benzene rings is 1. The molecule has 0 saturated heterocycles. The van der Waals surface area contributed by atoms with Gasteiger partial charge in [0.2, 0.25) is 5.91 Å². The van der Waals surface area contributed by atoms with Crippen molar-refractivity contribution in [3.8, 4) is 5.69 Å². The number of nitrogens with zero attached hydrogens (tertiary/aromatic N) is 4. The lowest BCUT2D eigenvalue weighted by atomic mass is 10.3. The van der Waals surface area contributed by atoms with Crippen LogP contribution >= 0.6 is 11.3 Å². The lowest BCUT2D eigenvalue weighted by Crippen LogP contribution is -2.13. The monoisotopic (exact) mass is 378 g/mol. The molecule has 3 rings (SSSR count). The van der Waals surface area contributed by atoms with Gasteiger partial charge in [0.1, 0.15) is 5.82 Å². The van der Waals surface area contributed by atoms with Gasteiger partial charge in [-0.25, -0.2) is 22.8 Å². The van der Waals surface area contributed by atoms with Crippen molar-refractivity contribution in [3.05, 3.63) is 42.4 Å². The summed E-state index contributed by atoms with van der Waals surface area (Å²) in [5, 5.41) is 6.81. The summed E-state index contributed by atoms with van der Waals surface area (Å²) in [7, 11) is -3.90. The number of sulfonamides is 1. The van der Waals surface area contributed by atoms with Crippen molar-refractivity contribution in [1.82, 2.24) is 19.7 Å². The number of hydrogen-bond donors (Lipinski definition) is 2. The Hall–Kier alpha value is -2.79. The maximum atomic E-state index is 12.4. The molecule has 0 saturated carbocycles. The van der Waals surface area contributed by atoms with Crippen LogP contribution in [0.25, 0.3) is 5.69 Å². The Morgan fingerprint density at radius 1 is 1.24 bits per heavy atom. The van der Waals surface area contributed by atoms with Crippen LogP contribution in [-0.4, -0.2) is 34.1 Å². The Balaban J connectivity index is 1.84. The first-order valence-corrected chi connectivity index (χ1v) is 9.40. The second kappa shape index (κ2) is 6.61. The van der Waals surface area contributed by atoms with Crippen molar-refractivity contribution in [2.24, 2.45) is 0 Å². The number of thiazole rings is 1. The molecule has 1 amide bonds. The Bertz CT molecular complexity index is 1010. The van der Waals surface area contributed by atoms with Gasteiger partial charge in [-0.3, -0.25) is 4.79 Å². The van der Waals surface area contributed by atoms with Crippen LogP contribution in [0.2, 0.25) is 0 Å². The van der Waals surface area contributed by atoms with Crippen LogP contribution in [0.4, 0.5) is 11.1 Å². The van der Waals surface area contributed by atoms with E-state index in [4.69, 9.17) is 0 Å². The van der Waals surface area contributed by atoms with Gasteiger partial charge in [-0.1, -0.05) is 29.5 Å². The molecule has 11 heteroatoms. The second-order valence-electron chi connectivity index (χ2n) is 5.00. The molecular weight excluding hydrogens is 364 g/mol. The molecule has 0 aliphatic rings. The minimum Gasteiger partial charge on any atom is -0.302 e. The fraction of sp³-hybridized carbons (Fsp3) is 0.143. The predicted molar refractivity (Wildman–Crippen MR) is 93.3 cm³/mol. The van der Waals surface area contributed by atoms with Gasteiger partial charge in [0, 0.05) is 6.92 Å². The molecule has 2 N–H and O–H groups in total. The van der Waals surface area contributed by atoms with E-state index in [1.807, 2.05) is 30.3 Å². The summed E-state index contributed by atoms with van der Waals surface area (Å²) < 4.78 is 28.6. The van der Waals surface area contributed by atoms with Gasteiger partial charge in [0.05, 0.1) is 11.9 Å². The van der Waals surface area contributed by atoms with Gasteiger partial charge >= 0.3 is 0 Å². The summed E-state index contributed by atoms with van der Waals surface area (Å²) >= 11 is 0.839. The summed E-state index contributed by atoms with van der Waals surface area (Å²) in [4.78, 5) is 19.0. The van der Waals surface area contributed by atoms with E-state index in [-0.39, 0.29) is 21.2 Å². The van der Waals surface area contributed by atoms with Crippen molar-refractivity contribution < 1.29 is 13.2 Å². The molecule has 1 aromatic carbocycles. The van der Waals surface area contributed by atoms with E-state index in [9.17, 15) is 13.2 Å². The number of nitrogens with one attached hydrogen (secondary N) is 2. The van der Waals surface area contributed by atoms with E-state index in [0.29, 0.717) is 5.82 Å². The van der Waals surface area contributed by atoms with E-state index in [2.05, 4.69) is 25.1 Å². The predicted octanol–water partition coefficient (Wildman–Crippen LogP) is 1.79. The number of amides is 1. The zero-order valence-electron chi connectivity index (χ0n) is 13.3. The largest absolute Gasteiger partial charge is 0.302 e. The standard InChI is InChI=1S/C14H14N6O3S2/c1-9-16-13(18-20(9)11-6-4-3-5-7-11)19-25(22,23)12-8-15-14(24-12)17-10(2)21/h3-8H,1-2H3,(H,18,19)(H,15,17,21). The van der Waals surface area contributed by atoms with E-state index in [1.54, 1.807) is 6.92 Å². The van der Waals surface area contributed by atoms with Crippen LogP contribution in [0, 0.1) is 6.92 Å². The van der Waals surface area contributed by atoms with Crippen molar-refractivity contribution in [1.29, 1.82) is 0 Å². The number of para-hydroxylation sites is 1. The van der Waals surface area contributed by atoms with Gasteiger partial charge < -0.3 is 5.32 Å². The van der Waals surface area contributed by atoms with Crippen LogP contribution in [-0.2, 0) is 14.8 Å². The lowest BCUT2D eigenvalue weighted by molar-refractivity contribution is -0.114. The molecule has 0 fully saturated rings. The number of hydrogen-bond acceptors (Lipinski definition) is 7. The van der Waals surface area contributed by atoms with Crippen LogP contribution in [0.5, 0.6) is 0 Å². The van der Waals surface area contributed by atoms with Crippen molar-refractivity contribution in [2.75, 3.05) is 10.0 Å². The molecule has 2 aromatic heterocycles. The van der Waals surface area contributed by atoms with Crippen LogP contribution in [0.3, 0.4) is 0 Å². The first-order chi connectivity index (χ1) is 11.8. The fourth-order valence-corrected chi connectivity index (χ4v) is 4.03. The van der Waals surface area contributed by atoms with Crippen LogP contribution < -0.4 is 10.0 Å². The van der Waals surface area contributed by atoms with E-state index in [1.165, 1.54) is 17.8 Å². The molecule has 25 heavy (non-hydrogen) atoms. The molecule has 0 bridgehead atoms. The van der Waals surface area contributed by atoms with E-state index >= 15 is 0 Å². The maximum absolute atomic E-state index is 12.4. The number of rotatable bonds is 5. The van der Waals surface area contributed by atoms with Gasteiger partial charge in [0.15, 0.2) is 9.34 Å². The van der Waals surface area contributed by atoms with Gasteiger partial charge in [-0.2, -0.15) is 4.98 Å². The molecule has 2 heterocycles. The Labute approximate surface area is 147 Å². The molecule has 0 aliphatic heterocycles. The van der Waals surface area contributed by atoms with E-state index in [0.717, 1.165) is 17.0 Å². The SMILES string of the molecule is CC(=O)Nc1ncc(S(=O)(=O)Nc2nc(C)n(-c3ccccc3)n2)s1. The number of aromatic nitrogens is 4. The molecule has 130 valence electrons. The third-order valence-corrected chi connectivity index (χ3v) is 5.73. The third kappa shape index (κ3) is 3.83. The molecule has 0 aliphatic carbocycles. The van der Waals surface area contributed by atoms with Crippen LogP contribution in [0.1, 0.15) is 12.7 Å². The highest BCUT2D eigenvalue weighted by Crippen LogP contribution is 2.24. The lowest BCUT2D eigenvalue weighted by Gasteiger charge is -2.02. The normalized spacial score (nSPS) is 11.3. The summed E-state index contributed by atoms with van der Waals surface area (Å²) in [6, 6.07) is 9.24. The Morgan fingerprint density at radius 3 is 2.64 bits per heavy atom. The molecule has 0 atom stereocenters. The number of aryl methyl sites for hydroxylation is 1. The van der Waals surface area contributed by atoms with Crippen molar-refractivity contribution >= 4 is 38.3 Å². The molecule has 0 spiro atoms. The van der Waals surface area contributed by atoms with Crippen molar-refractivity contribution in [3.63, 3.8) is 0 Å². The third-order valence-electron chi connectivity index (χ3n) is 3.03. The fourth-order valence-electron chi connectivity index (χ4n) is 2.01. The van der Waals surface area contributed by atoms with Crippen molar-refractivity contribution in [2.45, 2.75) is 18.1 Å². The second-order valence-corrected chi connectivity index (χ2v) is 7.94. The number of carbonyl (C=O) groups is 1. The first-order valence-electron chi connectivity index (χ1n) is 7.10. The van der Waals surface area contributed by atoms with Crippen LogP contribution in [0.15, 0.2) is 40.7 Å². The summed E-state index contributed by atoms with van der Waals surface area (Å²) in [6.07, 6.45) is 1.17. The van der Waals surface area contributed by atoms with Gasteiger partial charge in [0.25, 0.3) is 16.0 Å².